The van der Waals surface area contributed by atoms with Gasteiger partial charge in [-0.3, -0.25) is 0 Å². The first kappa shape index (κ1) is 25.6. The van der Waals surface area contributed by atoms with Gasteiger partial charge in [-0.05, 0) is 68.5 Å². The van der Waals surface area contributed by atoms with Gasteiger partial charge in [0, 0.05) is 44.0 Å². The number of fused-ring (bicyclic) bond motifs is 11. The Hall–Kier alpha value is -3.72. The average Bonchev–Trinajstić information content (AvgIpc) is 3.65. The third-order valence-corrected chi connectivity index (χ3v) is 13.5. The molecule has 0 bridgehead atoms. The van der Waals surface area contributed by atoms with Crippen molar-refractivity contribution in [1.29, 1.82) is 0 Å². The Bertz CT molecular complexity index is 2010. The summed E-state index contributed by atoms with van der Waals surface area (Å²) in [7, 11) is 0. The van der Waals surface area contributed by atoms with E-state index >= 15 is 0 Å². The van der Waals surface area contributed by atoms with Gasteiger partial charge in [0.05, 0.1) is 0 Å². The molecule has 212 valence electrons. The SMILES string of the molecule is C1=CC2=CC(C3=CC4Sc5c(ccc6c5SC5C=C(C7C=Cc8ccccc8C7)c7ccccc7C65)C4C=C3)=CCC2C=C1. The molecular formula is C42H32S2. The van der Waals surface area contributed by atoms with E-state index in [4.69, 9.17) is 0 Å². The van der Waals surface area contributed by atoms with Crippen molar-refractivity contribution < 1.29 is 0 Å². The number of hydrogen-bond donors (Lipinski definition) is 0. The van der Waals surface area contributed by atoms with Crippen LogP contribution in [0.2, 0.25) is 0 Å². The summed E-state index contributed by atoms with van der Waals surface area (Å²) in [5.74, 6) is 1.85. The zero-order valence-electron chi connectivity index (χ0n) is 24.4. The topological polar surface area (TPSA) is 0 Å². The van der Waals surface area contributed by atoms with E-state index in [1.807, 2.05) is 0 Å². The Kier molecular flexibility index (Phi) is 5.75. The minimum atomic E-state index is 0.424. The highest BCUT2D eigenvalue weighted by Gasteiger charge is 2.43. The minimum Gasteiger partial charge on any atom is -0.116 e. The second-order valence-corrected chi connectivity index (χ2v) is 15.4. The lowest BCUT2D eigenvalue weighted by Gasteiger charge is -2.32. The molecular weight excluding hydrogens is 569 g/mol. The van der Waals surface area contributed by atoms with Gasteiger partial charge in [0.25, 0.3) is 0 Å². The van der Waals surface area contributed by atoms with Crippen LogP contribution < -0.4 is 0 Å². The summed E-state index contributed by atoms with van der Waals surface area (Å²) in [4.78, 5) is 3.08. The first-order valence-electron chi connectivity index (χ1n) is 16.0. The van der Waals surface area contributed by atoms with Crippen molar-refractivity contribution in [3.63, 3.8) is 0 Å². The molecule has 10 rings (SSSR count). The number of rotatable bonds is 2. The van der Waals surface area contributed by atoms with Crippen LogP contribution in [0.1, 0.15) is 51.6 Å². The summed E-state index contributed by atoms with van der Waals surface area (Å²) in [5, 5.41) is 0.908. The van der Waals surface area contributed by atoms with Gasteiger partial charge in [-0.1, -0.05) is 134 Å². The Balaban J connectivity index is 0.987. The fourth-order valence-electron chi connectivity index (χ4n) is 8.47. The number of hydrogen-bond acceptors (Lipinski definition) is 2. The molecule has 6 atom stereocenters. The Labute approximate surface area is 268 Å². The van der Waals surface area contributed by atoms with Crippen molar-refractivity contribution in [3.05, 3.63) is 178 Å². The van der Waals surface area contributed by atoms with E-state index in [1.165, 1.54) is 65.5 Å². The molecule has 7 aliphatic rings. The number of allylic oxidation sites excluding steroid dienone is 13. The fourth-order valence-corrected chi connectivity index (χ4v) is 11.7. The van der Waals surface area contributed by atoms with Crippen LogP contribution in [0, 0.1) is 11.8 Å². The van der Waals surface area contributed by atoms with Gasteiger partial charge in [-0.15, -0.1) is 23.5 Å². The van der Waals surface area contributed by atoms with Gasteiger partial charge < -0.3 is 0 Å². The van der Waals surface area contributed by atoms with E-state index in [2.05, 4.69) is 157 Å². The minimum absolute atomic E-state index is 0.424. The van der Waals surface area contributed by atoms with Crippen LogP contribution >= 0.6 is 23.5 Å². The molecule has 3 aromatic carbocycles. The summed E-state index contributed by atoms with van der Waals surface area (Å²) in [5.41, 5.74) is 14.6. The van der Waals surface area contributed by atoms with Crippen LogP contribution in [0.4, 0.5) is 0 Å². The smallest absolute Gasteiger partial charge is 0.0391 e. The summed E-state index contributed by atoms with van der Waals surface area (Å²) < 4.78 is 0. The molecule has 0 amide bonds. The lowest BCUT2D eigenvalue weighted by Crippen LogP contribution is -2.20. The maximum Gasteiger partial charge on any atom is 0.0391 e. The third kappa shape index (κ3) is 3.87. The summed E-state index contributed by atoms with van der Waals surface area (Å²) in [6.07, 6.45) is 30.9. The van der Waals surface area contributed by atoms with Crippen LogP contribution in [0.15, 0.2) is 154 Å². The average molecular weight is 601 g/mol. The zero-order chi connectivity index (χ0) is 28.8. The zero-order valence-corrected chi connectivity index (χ0v) is 26.0. The highest BCUT2D eigenvalue weighted by atomic mass is 32.2. The molecule has 0 nitrogen and oxygen atoms in total. The molecule has 3 aromatic rings. The van der Waals surface area contributed by atoms with E-state index in [1.54, 1.807) is 0 Å². The second-order valence-electron chi connectivity index (χ2n) is 13.0. The first-order valence-corrected chi connectivity index (χ1v) is 17.8. The summed E-state index contributed by atoms with van der Waals surface area (Å²) >= 11 is 4.24. The monoisotopic (exact) mass is 600 g/mol. The molecule has 0 fully saturated rings. The molecule has 6 unspecified atom stereocenters. The van der Waals surface area contributed by atoms with Crippen LogP contribution in [0.3, 0.4) is 0 Å². The number of thioether (sulfide) groups is 2. The molecule has 0 saturated heterocycles. The van der Waals surface area contributed by atoms with E-state index in [0.29, 0.717) is 34.2 Å². The van der Waals surface area contributed by atoms with E-state index in [0.717, 1.165) is 12.8 Å². The van der Waals surface area contributed by atoms with Crippen LogP contribution in [0.25, 0.3) is 11.6 Å². The Morgan fingerprint density at radius 1 is 0.636 bits per heavy atom. The lowest BCUT2D eigenvalue weighted by atomic mass is 9.73. The summed E-state index contributed by atoms with van der Waals surface area (Å²) in [6, 6.07) is 23.1. The maximum absolute atomic E-state index is 2.64. The predicted molar refractivity (Wildman–Crippen MR) is 187 cm³/mol. The van der Waals surface area contributed by atoms with Crippen molar-refractivity contribution >= 4 is 35.2 Å². The maximum atomic E-state index is 2.64. The normalized spacial score (nSPS) is 29.6. The molecule has 2 aliphatic heterocycles. The Morgan fingerprint density at radius 2 is 1.50 bits per heavy atom. The molecule has 0 aromatic heterocycles. The number of benzene rings is 3. The van der Waals surface area contributed by atoms with Gasteiger partial charge in [-0.2, -0.15) is 0 Å². The standard InChI is InChI=1S/C42H32S2/c1-3-9-27-21-29(15-13-25(27)7-1)30-17-18-33-35-19-20-36-40-34-12-6-5-11-32(34)37(31-16-14-26-8-2-4-10-28(26)22-31)24-39(40)44-42(36)41(35)43-38(33)23-30/h1-12,14-21,23-25,31,33,38-40H,13,22H2. The lowest BCUT2D eigenvalue weighted by molar-refractivity contribution is 0.772. The molecule has 5 aliphatic carbocycles. The highest BCUT2D eigenvalue weighted by molar-refractivity contribution is 8.03. The van der Waals surface area contributed by atoms with Gasteiger partial charge in [0.2, 0.25) is 0 Å². The predicted octanol–water partition coefficient (Wildman–Crippen LogP) is 10.6. The molecule has 0 saturated carbocycles. The Morgan fingerprint density at radius 3 is 2.50 bits per heavy atom. The highest BCUT2D eigenvalue weighted by Crippen LogP contribution is 2.61. The molecule has 2 heteroatoms. The van der Waals surface area contributed by atoms with Crippen molar-refractivity contribution in [1.82, 2.24) is 0 Å². The van der Waals surface area contributed by atoms with E-state index < -0.39 is 0 Å². The molecule has 0 radical (unpaired) electrons. The molecule has 0 N–H and O–H groups in total. The van der Waals surface area contributed by atoms with Crippen LogP contribution in [-0.4, -0.2) is 10.5 Å². The third-order valence-electron chi connectivity index (χ3n) is 10.7. The van der Waals surface area contributed by atoms with Crippen molar-refractivity contribution in [3.8, 4) is 0 Å². The fraction of sp³-hybridized carbons (Fsp3) is 0.190. The van der Waals surface area contributed by atoms with Crippen molar-refractivity contribution in [2.75, 3.05) is 0 Å². The molecule has 0 spiro atoms. The van der Waals surface area contributed by atoms with Gasteiger partial charge in [-0.25, -0.2) is 0 Å². The van der Waals surface area contributed by atoms with Gasteiger partial charge in [0.1, 0.15) is 0 Å². The van der Waals surface area contributed by atoms with E-state index in [9.17, 15) is 0 Å². The van der Waals surface area contributed by atoms with Crippen molar-refractivity contribution in [2.24, 2.45) is 11.8 Å². The van der Waals surface area contributed by atoms with Gasteiger partial charge in [0.15, 0.2) is 0 Å². The van der Waals surface area contributed by atoms with Crippen LogP contribution in [-0.2, 0) is 6.42 Å². The van der Waals surface area contributed by atoms with E-state index in [-0.39, 0.29) is 0 Å². The molecule has 2 heterocycles. The van der Waals surface area contributed by atoms with Gasteiger partial charge >= 0.3 is 0 Å². The first-order chi connectivity index (χ1) is 21.8. The largest absolute Gasteiger partial charge is 0.116 e. The van der Waals surface area contributed by atoms with Crippen molar-refractivity contribution in [2.45, 2.75) is 45.0 Å². The quantitative estimate of drug-likeness (QED) is 0.287. The second kappa shape index (κ2) is 9.89. The summed E-state index contributed by atoms with van der Waals surface area (Å²) in [6.45, 7) is 0. The molecule has 44 heavy (non-hydrogen) atoms. The van der Waals surface area contributed by atoms with Crippen LogP contribution in [0.5, 0.6) is 0 Å².